The summed E-state index contributed by atoms with van der Waals surface area (Å²) in [6.07, 6.45) is 0.196. The van der Waals surface area contributed by atoms with Gasteiger partial charge in [-0.2, -0.15) is 5.26 Å². The Bertz CT molecular complexity index is 401. The molecule has 1 aromatic carbocycles. The van der Waals surface area contributed by atoms with Crippen LogP contribution in [0.4, 0.5) is 0 Å². The van der Waals surface area contributed by atoms with E-state index in [2.05, 4.69) is 37.4 Å². The van der Waals surface area contributed by atoms with Gasteiger partial charge in [0.05, 0.1) is 18.7 Å². The van der Waals surface area contributed by atoms with E-state index >= 15 is 0 Å². The molecule has 0 fully saturated rings. The van der Waals surface area contributed by atoms with Crippen LogP contribution in [0, 0.1) is 11.3 Å². The van der Waals surface area contributed by atoms with Gasteiger partial charge in [0.15, 0.2) is 0 Å². The largest absolute Gasteiger partial charge is 0.491 e. The molecule has 3 nitrogen and oxygen atoms in total. The van der Waals surface area contributed by atoms with E-state index in [1.165, 1.54) is 5.56 Å². The van der Waals surface area contributed by atoms with E-state index in [-0.39, 0.29) is 11.5 Å². The van der Waals surface area contributed by atoms with Gasteiger partial charge in [-0.05, 0) is 31.5 Å². The molecular formula is C15H22N2O. The number of rotatable bonds is 6. The molecule has 0 bridgehead atoms. The highest BCUT2D eigenvalue weighted by Gasteiger charge is 2.19. The Morgan fingerprint density at radius 1 is 1.28 bits per heavy atom. The number of benzene rings is 1. The first-order chi connectivity index (χ1) is 8.45. The molecule has 0 aliphatic heterocycles. The van der Waals surface area contributed by atoms with Gasteiger partial charge in [-0.25, -0.2) is 0 Å². The molecular weight excluding hydrogens is 224 g/mol. The fraction of sp³-hybridized carbons (Fsp3) is 0.533. The van der Waals surface area contributed by atoms with Crippen LogP contribution < -0.4 is 10.1 Å². The Balaban J connectivity index is 2.68. The zero-order valence-electron chi connectivity index (χ0n) is 11.7. The van der Waals surface area contributed by atoms with Gasteiger partial charge in [0.2, 0.25) is 0 Å². The third-order valence-corrected chi connectivity index (χ3v) is 2.78. The second-order valence-electron chi connectivity index (χ2n) is 5.34. The standard InChI is InChI=1S/C15H22N2O/c1-12(2)18-14-7-5-13(6-8-14)15(3,4)11-17-10-9-16/h5-8,12,17H,10-11H2,1-4H3. The first-order valence-electron chi connectivity index (χ1n) is 6.30. The normalized spacial score (nSPS) is 11.3. The zero-order valence-corrected chi connectivity index (χ0v) is 11.7. The van der Waals surface area contributed by atoms with Crippen LogP contribution in [0.5, 0.6) is 5.75 Å². The van der Waals surface area contributed by atoms with Gasteiger partial charge in [0.25, 0.3) is 0 Å². The van der Waals surface area contributed by atoms with Crippen molar-refractivity contribution in [2.45, 2.75) is 39.2 Å². The number of nitrogens with zero attached hydrogens (tertiary/aromatic N) is 1. The van der Waals surface area contributed by atoms with E-state index in [4.69, 9.17) is 10.00 Å². The van der Waals surface area contributed by atoms with Crippen LogP contribution >= 0.6 is 0 Å². The van der Waals surface area contributed by atoms with Crippen molar-refractivity contribution in [2.75, 3.05) is 13.1 Å². The Morgan fingerprint density at radius 3 is 2.39 bits per heavy atom. The van der Waals surface area contributed by atoms with Gasteiger partial charge in [0, 0.05) is 12.0 Å². The van der Waals surface area contributed by atoms with Crippen LogP contribution in [-0.2, 0) is 5.41 Å². The van der Waals surface area contributed by atoms with Crippen LogP contribution in [0.25, 0.3) is 0 Å². The Kier molecular flexibility index (Phi) is 5.18. The molecule has 0 unspecified atom stereocenters. The molecule has 0 amide bonds. The summed E-state index contributed by atoms with van der Waals surface area (Å²) >= 11 is 0. The summed E-state index contributed by atoms with van der Waals surface area (Å²) in [4.78, 5) is 0. The van der Waals surface area contributed by atoms with Gasteiger partial charge >= 0.3 is 0 Å². The number of nitrogens with one attached hydrogen (secondary N) is 1. The fourth-order valence-corrected chi connectivity index (χ4v) is 1.79. The lowest BCUT2D eigenvalue weighted by Crippen LogP contribution is -2.33. The number of hydrogen-bond donors (Lipinski definition) is 1. The van der Waals surface area contributed by atoms with Crippen molar-refractivity contribution >= 4 is 0 Å². The summed E-state index contributed by atoms with van der Waals surface area (Å²) in [6, 6.07) is 10.3. The molecule has 3 heteroatoms. The minimum absolute atomic E-state index is 0.00715. The minimum atomic E-state index is 0.00715. The molecule has 0 aliphatic carbocycles. The van der Waals surface area contributed by atoms with Crippen LogP contribution in [0.1, 0.15) is 33.3 Å². The first kappa shape index (κ1) is 14.5. The SMILES string of the molecule is CC(C)Oc1ccc(C(C)(C)CNCC#N)cc1. The van der Waals surface area contributed by atoms with Gasteiger partial charge in [-0.15, -0.1) is 0 Å². The average molecular weight is 246 g/mol. The molecule has 0 saturated heterocycles. The van der Waals surface area contributed by atoms with E-state index in [9.17, 15) is 0 Å². The highest BCUT2D eigenvalue weighted by molar-refractivity contribution is 5.32. The van der Waals surface area contributed by atoms with Crippen molar-refractivity contribution in [3.63, 3.8) is 0 Å². The van der Waals surface area contributed by atoms with Crippen molar-refractivity contribution in [1.29, 1.82) is 5.26 Å². The monoisotopic (exact) mass is 246 g/mol. The van der Waals surface area contributed by atoms with Crippen molar-refractivity contribution in [2.24, 2.45) is 0 Å². The number of ether oxygens (including phenoxy) is 1. The van der Waals surface area contributed by atoms with E-state index in [1.54, 1.807) is 0 Å². The highest BCUT2D eigenvalue weighted by Crippen LogP contribution is 2.24. The number of hydrogen-bond acceptors (Lipinski definition) is 3. The lowest BCUT2D eigenvalue weighted by Gasteiger charge is -2.25. The van der Waals surface area contributed by atoms with Crippen molar-refractivity contribution in [3.05, 3.63) is 29.8 Å². The van der Waals surface area contributed by atoms with E-state index in [0.717, 1.165) is 12.3 Å². The maximum absolute atomic E-state index is 8.52. The summed E-state index contributed by atoms with van der Waals surface area (Å²) in [7, 11) is 0. The lowest BCUT2D eigenvalue weighted by molar-refractivity contribution is 0.242. The highest BCUT2D eigenvalue weighted by atomic mass is 16.5. The average Bonchev–Trinajstić information content (AvgIpc) is 2.29. The van der Waals surface area contributed by atoms with Crippen molar-refractivity contribution < 1.29 is 4.74 Å². The topological polar surface area (TPSA) is 45.0 Å². The molecule has 1 N–H and O–H groups in total. The summed E-state index contributed by atoms with van der Waals surface area (Å²) in [5.74, 6) is 0.898. The molecule has 98 valence electrons. The van der Waals surface area contributed by atoms with Crippen molar-refractivity contribution in [3.8, 4) is 11.8 Å². The smallest absolute Gasteiger partial charge is 0.119 e. The lowest BCUT2D eigenvalue weighted by atomic mass is 9.84. The Hall–Kier alpha value is -1.53. The maximum atomic E-state index is 8.52. The van der Waals surface area contributed by atoms with Crippen LogP contribution in [0.15, 0.2) is 24.3 Å². The molecule has 0 heterocycles. The number of nitriles is 1. The summed E-state index contributed by atoms with van der Waals surface area (Å²) in [5, 5.41) is 11.7. The molecule has 0 saturated carbocycles. The quantitative estimate of drug-likeness (QED) is 0.620. The minimum Gasteiger partial charge on any atom is -0.491 e. The zero-order chi connectivity index (χ0) is 13.6. The predicted molar refractivity (Wildman–Crippen MR) is 73.7 cm³/mol. The molecule has 18 heavy (non-hydrogen) atoms. The van der Waals surface area contributed by atoms with Crippen LogP contribution in [0.3, 0.4) is 0 Å². The Labute approximate surface area is 110 Å². The molecule has 0 aliphatic rings. The van der Waals surface area contributed by atoms with E-state index in [0.29, 0.717) is 6.54 Å². The second-order valence-corrected chi connectivity index (χ2v) is 5.34. The van der Waals surface area contributed by atoms with Gasteiger partial charge in [0.1, 0.15) is 5.75 Å². The maximum Gasteiger partial charge on any atom is 0.119 e. The molecule has 0 radical (unpaired) electrons. The van der Waals surface area contributed by atoms with Gasteiger partial charge in [-0.1, -0.05) is 26.0 Å². The predicted octanol–water partition coefficient (Wildman–Crippen LogP) is 2.86. The van der Waals surface area contributed by atoms with E-state index in [1.807, 2.05) is 26.0 Å². The molecule has 0 aromatic heterocycles. The second kappa shape index (κ2) is 6.42. The van der Waals surface area contributed by atoms with Crippen LogP contribution in [0.2, 0.25) is 0 Å². The van der Waals surface area contributed by atoms with Crippen molar-refractivity contribution in [1.82, 2.24) is 5.32 Å². The molecule has 1 rings (SSSR count). The fourth-order valence-electron chi connectivity index (χ4n) is 1.79. The molecule has 1 aromatic rings. The third kappa shape index (κ3) is 4.38. The van der Waals surface area contributed by atoms with E-state index < -0.39 is 0 Å². The summed E-state index contributed by atoms with van der Waals surface area (Å²) in [6.45, 7) is 9.53. The summed E-state index contributed by atoms with van der Waals surface area (Å²) < 4.78 is 5.62. The third-order valence-electron chi connectivity index (χ3n) is 2.78. The van der Waals surface area contributed by atoms with Gasteiger partial charge in [-0.3, -0.25) is 0 Å². The summed E-state index contributed by atoms with van der Waals surface area (Å²) in [5.41, 5.74) is 1.25. The Morgan fingerprint density at radius 2 is 1.89 bits per heavy atom. The van der Waals surface area contributed by atoms with Gasteiger partial charge < -0.3 is 10.1 Å². The first-order valence-corrected chi connectivity index (χ1v) is 6.30. The molecule has 0 atom stereocenters. The van der Waals surface area contributed by atoms with Crippen LogP contribution in [-0.4, -0.2) is 19.2 Å². The molecule has 0 spiro atoms.